The Morgan fingerprint density at radius 3 is 2.71 bits per heavy atom. The third-order valence-corrected chi connectivity index (χ3v) is 2.98. The Morgan fingerprint density at radius 2 is 2.12 bits per heavy atom. The van der Waals surface area contributed by atoms with Crippen molar-refractivity contribution in [1.82, 2.24) is 10.2 Å². The molecule has 92 valence electrons. The molecule has 1 aromatic rings. The van der Waals surface area contributed by atoms with Crippen LogP contribution < -0.4 is 5.32 Å². The van der Waals surface area contributed by atoms with E-state index in [0.717, 1.165) is 5.56 Å². The number of hydrogen-bond donors (Lipinski definition) is 2. The second-order valence-electron chi connectivity index (χ2n) is 4.55. The van der Waals surface area contributed by atoms with E-state index in [1.165, 1.54) is 0 Å². The van der Waals surface area contributed by atoms with E-state index in [2.05, 4.69) is 5.32 Å². The number of aliphatic hydroxyl groups is 1. The number of nitrogens with zero attached hydrogens (tertiary/aromatic N) is 1. The van der Waals surface area contributed by atoms with Crippen LogP contribution in [0.3, 0.4) is 0 Å². The lowest BCUT2D eigenvalue weighted by Gasteiger charge is -2.35. The van der Waals surface area contributed by atoms with Gasteiger partial charge in [-0.2, -0.15) is 0 Å². The highest BCUT2D eigenvalue weighted by atomic mass is 16.3. The molecule has 1 atom stereocenters. The van der Waals surface area contributed by atoms with Crippen molar-refractivity contribution >= 4 is 5.91 Å². The average Bonchev–Trinajstić information content (AvgIpc) is 2.28. The summed E-state index contributed by atoms with van der Waals surface area (Å²) < 4.78 is 0. The van der Waals surface area contributed by atoms with Crippen molar-refractivity contribution in [2.75, 3.05) is 19.6 Å². The first-order chi connectivity index (χ1) is 8.15. The van der Waals surface area contributed by atoms with Gasteiger partial charge in [-0.05, 0) is 12.5 Å². The monoisotopic (exact) mass is 234 g/mol. The number of carbonyl (C=O) groups excluding carboxylic acids is 1. The lowest BCUT2D eigenvalue weighted by molar-refractivity contribution is -0.125. The molecule has 1 aromatic carbocycles. The van der Waals surface area contributed by atoms with Gasteiger partial charge in [0.15, 0.2) is 0 Å². The van der Waals surface area contributed by atoms with Crippen LogP contribution in [0.4, 0.5) is 0 Å². The first-order valence-electron chi connectivity index (χ1n) is 5.90. The molecule has 2 rings (SSSR count). The normalized spacial score (nSPS) is 18.5. The number of rotatable bonds is 4. The van der Waals surface area contributed by atoms with Crippen LogP contribution in [0.25, 0.3) is 0 Å². The fourth-order valence-electron chi connectivity index (χ4n) is 1.99. The number of β-amino-alcohol motifs (C(OH)–C–C–N with tert-alkyl or cyclic N) is 1. The van der Waals surface area contributed by atoms with Crippen molar-refractivity contribution in [3.63, 3.8) is 0 Å². The second kappa shape index (κ2) is 5.29. The van der Waals surface area contributed by atoms with Gasteiger partial charge in [0, 0.05) is 13.1 Å². The number of aliphatic hydroxyl groups excluding tert-OH is 1. The van der Waals surface area contributed by atoms with Crippen LogP contribution in [0.2, 0.25) is 0 Å². The van der Waals surface area contributed by atoms with Crippen molar-refractivity contribution in [1.29, 1.82) is 0 Å². The first kappa shape index (κ1) is 12.1. The minimum Gasteiger partial charge on any atom is -0.390 e. The van der Waals surface area contributed by atoms with Gasteiger partial charge >= 0.3 is 0 Å². The number of nitrogens with one attached hydrogen (secondary N) is 1. The van der Waals surface area contributed by atoms with E-state index in [0.29, 0.717) is 19.6 Å². The Labute approximate surface area is 101 Å². The zero-order valence-corrected chi connectivity index (χ0v) is 9.97. The van der Waals surface area contributed by atoms with Crippen LogP contribution >= 0.6 is 0 Å². The molecule has 0 saturated carbocycles. The summed E-state index contributed by atoms with van der Waals surface area (Å²) in [5.41, 5.74) is 1.10. The fraction of sp³-hybridized carbons (Fsp3) is 0.462. The topological polar surface area (TPSA) is 52.6 Å². The maximum Gasteiger partial charge on any atom is 0.234 e. The maximum absolute atomic E-state index is 11.7. The lowest BCUT2D eigenvalue weighted by atomic mass is 10.1. The van der Waals surface area contributed by atoms with E-state index in [1.807, 2.05) is 42.2 Å². The molecule has 4 heteroatoms. The number of amides is 1. The summed E-state index contributed by atoms with van der Waals surface area (Å²) in [7, 11) is 0. The zero-order valence-electron chi connectivity index (χ0n) is 9.97. The fourth-order valence-corrected chi connectivity index (χ4v) is 1.99. The lowest BCUT2D eigenvalue weighted by Crippen LogP contribution is -2.54. The van der Waals surface area contributed by atoms with E-state index in [1.54, 1.807) is 0 Å². The molecule has 4 nitrogen and oxygen atoms in total. The molecule has 1 heterocycles. The predicted molar refractivity (Wildman–Crippen MR) is 65.4 cm³/mol. The van der Waals surface area contributed by atoms with Crippen LogP contribution in [0.5, 0.6) is 0 Å². The Kier molecular flexibility index (Phi) is 3.76. The minimum atomic E-state index is -0.255. The number of benzene rings is 1. The molecule has 1 unspecified atom stereocenters. The van der Waals surface area contributed by atoms with E-state index in [-0.39, 0.29) is 18.1 Å². The van der Waals surface area contributed by atoms with E-state index >= 15 is 0 Å². The van der Waals surface area contributed by atoms with Gasteiger partial charge in [0.1, 0.15) is 0 Å². The van der Waals surface area contributed by atoms with Crippen molar-refractivity contribution in [2.24, 2.45) is 0 Å². The van der Waals surface area contributed by atoms with Gasteiger partial charge < -0.3 is 10.4 Å². The molecule has 0 aliphatic carbocycles. The molecular weight excluding hydrogens is 216 g/mol. The quantitative estimate of drug-likeness (QED) is 0.799. The average molecular weight is 234 g/mol. The van der Waals surface area contributed by atoms with Gasteiger partial charge in [-0.25, -0.2) is 0 Å². The maximum atomic E-state index is 11.7. The van der Waals surface area contributed by atoms with Gasteiger partial charge in [0.2, 0.25) is 5.91 Å². The molecular formula is C13H18N2O2. The molecule has 1 fully saturated rings. The smallest absolute Gasteiger partial charge is 0.234 e. The van der Waals surface area contributed by atoms with E-state index < -0.39 is 0 Å². The molecule has 1 amide bonds. The van der Waals surface area contributed by atoms with Gasteiger partial charge in [-0.3, -0.25) is 9.69 Å². The molecule has 0 spiro atoms. The van der Waals surface area contributed by atoms with Crippen LogP contribution in [-0.2, 0) is 4.79 Å². The Hall–Kier alpha value is -1.39. The first-order valence-corrected chi connectivity index (χ1v) is 5.90. The number of likely N-dealkylation sites (tertiary alicyclic amines) is 1. The van der Waals surface area contributed by atoms with Gasteiger partial charge in [-0.15, -0.1) is 0 Å². The van der Waals surface area contributed by atoms with E-state index in [4.69, 9.17) is 5.11 Å². The summed E-state index contributed by atoms with van der Waals surface area (Å²) in [6.07, 6.45) is -0.255. The van der Waals surface area contributed by atoms with Crippen molar-refractivity contribution in [3.8, 4) is 0 Å². The summed E-state index contributed by atoms with van der Waals surface area (Å²) in [5, 5.41) is 12.1. The second-order valence-corrected chi connectivity index (χ2v) is 4.55. The van der Waals surface area contributed by atoms with Crippen LogP contribution in [0.1, 0.15) is 18.5 Å². The third-order valence-electron chi connectivity index (χ3n) is 2.98. The SMILES string of the molecule is CC(NC(=O)CN1CC(O)C1)c1ccccc1. The summed E-state index contributed by atoms with van der Waals surface area (Å²) in [6.45, 7) is 3.55. The molecule has 0 aromatic heterocycles. The molecule has 2 N–H and O–H groups in total. The van der Waals surface area contributed by atoms with Crippen molar-refractivity contribution < 1.29 is 9.90 Å². The van der Waals surface area contributed by atoms with Crippen LogP contribution in [0, 0.1) is 0 Å². The molecule has 0 radical (unpaired) electrons. The molecule has 17 heavy (non-hydrogen) atoms. The molecule has 1 aliphatic rings. The highest BCUT2D eigenvalue weighted by molar-refractivity contribution is 5.78. The van der Waals surface area contributed by atoms with Crippen LogP contribution in [-0.4, -0.2) is 41.7 Å². The molecule has 1 aliphatic heterocycles. The highest BCUT2D eigenvalue weighted by Gasteiger charge is 2.26. The Balaban J connectivity index is 1.78. The van der Waals surface area contributed by atoms with Crippen molar-refractivity contribution in [3.05, 3.63) is 35.9 Å². The largest absolute Gasteiger partial charge is 0.390 e. The zero-order chi connectivity index (χ0) is 12.3. The summed E-state index contributed by atoms with van der Waals surface area (Å²) >= 11 is 0. The Morgan fingerprint density at radius 1 is 1.47 bits per heavy atom. The molecule has 1 saturated heterocycles. The van der Waals surface area contributed by atoms with Gasteiger partial charge in [0.25, 0.3) is 0 Å². The van der Waals surface area contributed by atoms with Gasteiger partial charge in [-0.1, -0.05) is 30.3 Å². The Bertz CT molecular complexity index is 374. The van der Waals surface area contributed by atoms with Gasteiger partial charge in [0.05, 0.1) is 18.7 Å². The highest BCUT2D eigenvalue weighted by Crippen LogP contribution is 2.11. The minimum absolute atomic E-state index is 0.00764. The summed E-state index contributed by atoms with van der Waals surface area (Å²) in [5.74, 6) is 0.00764. The van der Waals surface area contributed by atoms with Crippen LogP contribution in [0.15, 0.2) is 30.3 Å². The number of carbonyl (C=O) groups is 1. The van der Waals surface area contributed by atoms with E-state index in [9.17, 15) is 4.79 Å². The number of hydrogen-bond acceptors (Lipinski definition) is 3. The third kappa shape index (κ3) is 3.28. The standard InChI is InChI=1S/C13H18N2O2/c1-10(11-5-3-2-4-6-11)14-13(17)9-15-7-12(16)8-15/h2-6,10,12,16H,7-9H2,1H3,(H,14,17). The summed E-state index contributed by atoms with van der Waals surface area (Å²) in [6, 6.07) is 9.90. The molecule has 0 bridgehead atoms. The van der Waals surface area contributed by atoms with Crippen molar-refractivity contribution in [2.45, 2.75) is 19.1 Å². The predicted octanol–water partition coefficient (Wildman–Crippen LogP) is 0.540. The summed E-state index contributed by atoms with van der Waals surface area (Å²) in [4.78, 5) is 13.6.